The molecule has 0 aliphatic rings. The second-order valence-corrected chi connectivity index (χ2v) is 3.61. The molecular weight excluding hydrogens is 237 g/mol. The smallest absolute Gasteiger partial charge is 0.231 e. The minimum absolute atomic E-state index is 0.145. The molecule has 3 nitrogen and oxygen atoms in total. The topological polar surface area (TPSA) is 46.2 Å². The first kappa shape index (κ1) is 12.0. The monoisotopic (exact) mass is 245 g/mol. The number of halogens is 2. The Morgan fingerprint density at radius 3 is 2.33 bits per heavy atom. The zero-order chi connectivity index (χ0) is 11.3. The van der Waals surface area contributed by atoms with Gasteiger partial charge in [-0.3, -0.25) is 9.59 Å². The Balaban J connectivity index is 2.51. The van der Waals surface area contributed by atoms with Gasteiger partial charge in [0.2, 0.25) is 5.91 Å². The van der Waals surface area contributed by atoms with E-state index in [1.807, 2.05) is 0 Å². The molecule has 0 fully saturated rings. The Morgan fingerprint density at radius 1 is 1.20 bits per heavy atom. The third kappa shape index (κ3) is 4.32. The lowest BCUT2D eigenvalue weighted by Crippen LogP contribution is -2.16. The SMILES string of the molecule is O=C(CCl)CC(=O)Nc1ccc(Cl)cc1. The number of alkyl halides is 1. The molecule has 0 atom stereocenters. The maximum Gasteiger partial charge on any atom is 0.231 e. The van der Waals surface area contributed by atoms with Crippen molar-refractivity contribution in [2.24, 2.45) is 0 Å². The molecule has 80 valence electrons. The largest absolute Gasteiger partial charge is 0.326 e. The number of nitrogens with one attached hydrogen (secondary N) is 1. The van der Waals surface area contributed by atoms with E-state index in [0.29, 0.717) is 10.7 Å². The molecule has 0 unspecified atom stereocenters. The number of carbonyl (C=O) groups is 2. The van der Waals surface area contributed by atoms with Crippen molar-refractivity contribution >= 4 is 40.6 Å². The van der Waals surface area contributed by atoms with Gasteiger partial charge in [0.1, 0.15) is 0 Å². The third-order valence-electron chi connectivity index (χ3n) is 1.63. The van der Waals surface area contributed by atoms with Crippen LogP contribution in [0.3, 0.4) is 0 Å². The minimum atomic E-state index is -0.372. The lowest BCUT2D eigenvalue weighted by Gasteiger charge is -2.03. The number of hydrogen-bond acceptors (Lipinski definition) is 2. The van der Waals surface area contributed by atoms with Crippen molar-refractivity contribution in [1.82, 2.24) is 0 Å². The number of rotatable bonds is 4. The summed E-state index contributed by atoms with van der Waals surface area (Å²) in [6.07, 6.45) is -0.202. The highest BCUT2D eigenvalue weighted by Gasteiger charge is 2.08. The Bertz CT molecular complexity index is 362. The highest BCUT2D eigenvalue weighted by molar-refractivity contribution is 6.30. The van der Waals surface area contributed by atoms with Crippen molar-refractivity contribution < 1.29 is 9.59 Å². The van der Waals surface area contributed by atoms with E-state index in [1.54, 1.807) is 24.3 Å². The molecule has 0 bridgehead atoms. The Hall–Kier alpha value is -1.06. The average Bonchev–Trinajstić information content (AvgIpc) is 2.21. The molecule has 1 aromatic carbocycles. The van der Waals surface area contributed by atoms with E-state index in [9.17, 15) is 9.59 Å². The molecule has 0 aliphatic carbocycles. The van der Waals surface area contributed by atoms with Crippen LogP contribution in [0, 0.1) is 0 Å². The summed E-state index contributed by atoms with van der Waals surface area (Å²) in [6, 6.07) is 6.62. The number of amides is 1. The van der Waals surface area contributed by atoms with Crippen LogP contribution in [0.2, 0.25) is 5.02 Å². The molecule has 1 amide bonds. The predicted molar refractivity (Wildman–Crippen MR) is 60.4 cm³/mol. The zero-order valence-corrected chi connectivity index (χ0v) is 9.31. The van der Waals surface area contributed by atoms with E-state index in [4.69, 9.17) is 23.2 Å². The van der Waals surface area contributed by atoms with Crippen molar-refractivity contribution in [1.29, 1.82) is 0 Å². The van der Waals surface area contributed by atoms with Crippen molar-refractivity contribution in [3.63, 3.8) is 0 Å². The van der Waals surface area contributed by atoms with Crippen molar-refractivity contribution in [3.05, 3.63) is 29.3 Å². The van der Waals surface area contributed by atoms with Crippen LogP contribution < -0.4 is 5.32 Å². The number of hydrogen-bond donors (Lipinski definition) is 1. The molecule has 0 spiro atoms. The second kappa shape index (κ2) is 5.73. The Morgan fingerprint density at radius 2 is 1.80 bits per heavy atom. The summed E-state index contributed by atoms with van der Waals surface area (Å²) >= 11 is 10.9. The number of ketones is 1. The van der Waals surface area contributed by atoms with Crippen molar-refractivity contribution in [2.75, 3.05) is 11.2 Å². The van der Waals surface area contributed by atoms with Gasteiger partial charge in [-0.05, 0) is 24.3 Å². The lowest BCUT2D eigenvalue weighted by atomic mass is 10.2. The lowest BCUT2D eigenvalue weighted by molar-refractivity contribution is -0.124. The fourth-order valence-corrected chi connectivity index (χ4v) is 1.19. The highest BCUT2D eigenvalue weighted by Crippen LogP contribution is 2.13. The molecule has 0 saturated heterocycles. The van der Waals surface area contributed by atoms with Gasteiger partial charge in [0.15, 0.2) is 5.78 Å². The summed E-state index contributed by atoms with van der Waals surface area (Å²) in [6.45, 7) is 0. The summed E-state index contributed by atoms with van der Waals surface area (Å²) in [5, 5.41) is 3.15. The Kier molecular flexibility index (Phi) is 4.59. The van der Waals surface area contributed by atoms with Crippen molar-refractivity contribution in [3.8, 4) is 0 Å². The fraction of sp³-hybridized carbons (Fsp3) is 0.200. The van der Waals surface area contributed by atoms with Gasteiger partial charge in [0.25, 0.3) is 0 Å². The third-order valence-corrected chi connectivity index (χ3v) is 2.18. The van der Waals surface area contributed by atoms with Gasteiger partial charge in [-0.1, -0.05) is 11.6 Å². The maximum atomic E-state index is 11.2. The number of carbonyl (C=O) groups excluding carboxylic acids is 2. The molecule has 1 rings (SSSR count). The predicted octanol–water partition coefficient (Wildman–Crippen LogP) is 2.48. The molecule has 1 N–H and O–H groups in total. The van der Waals surface area contributed by atoms with Gasteiger partial charge in [0, 0.05) is 10.7 Å². The molecule has 0 heterocycles. The molecule has 0 aliphatic heterocycles. The molecule has 1 aromatic rings. The van der Waals surface area contributed by atoms with E-state index in [1.165, 1.54) is 0 Å². The van der Waals surface area contributed by atoms with E-state index in [2.05, 4.69) is 5.32 Å². The quantitative estimate of drug-likeness (QED) is 0.655. The van der Waals surface area contributed by atoms with Gasteiger partial charge in [0.05, 0.1) is 12.3 Å². The molecule has 0 saturated carbocycles. The van der Waals surface area contributed by atoms with Gasteiger partial charge < -0.3 is 5.32 Å². The van der Waals surface area contributed by atoms with Crippen LogP contribution in [-0.2, 0) is 9.59 Å². The van der Waals surface area contributed by atoms with Crippen LogP contribution in [0.5, 0.6) is 0 Å². The average molecular weight is 246 g/mol. The first-order valence-corrected chi connectivity index (χ1v) is 5.16. The summed E-state index contributed by atoms with van der Waals surface area (Å²) in [4.78, 5) is 22.1. The summed E-state index contributed by atoms with van der Waals surface area (Å²) in [5.74, 6) is -0.820. The highest BCUT2D eigenvalue weighted by atomic mass is 35.5. The van der Waals surface area contributed by atoms with E-state index in [0.717, 1.165) is 0 Å². The summed E-state index contributed by atoms with van der Waals surface area (Å²) in [5.41, 5.74) is 0.603. The van der Waals surface area contributed by atoms with Gasteiger partial charge in [-0.15, -0.1) is 11.6 Å². The zero-order valence-electron chi connectivity index (χ0n) is 7.80. The first-order valence-electron chi connectivity index (χ1n) is 4.25. The molecule has 15 heavy (non-hydrogen) atoms. The minimum Gasteiger partial charge on any atom is -0.326 e. The standard InChI is InChI=1S/C10H9Cl2NO2/c11-6-9(14)5-10(15)13-8-3-1-7(12)2-4-8/h1-4H,5-6H2,(H,13,15). The maximum absolute atomic E-state index is 11.2. The Labute approximate surface area is 97.4 Å². The second-order valence-electron chi connectivity index (χ2n) is 2.90. The van der Waals surface area contributed by atoms with Crippen LogP contribution in [0.25, 0.3) is 0 Å². The van der Waals surface area contributed by atoms with Crippen LogP contribution >= 0.6 is 23.2 Å². The molecule has 5 heteroatoms. The van der Waals surface area contributed by atoms with Crippen LogP contribution in [0.4, 0.5) is 5.69 Å². The normalized spacial score (nSPS) is 9.73. The number of Topliss-reactive ketones (excluding diaryl/α,β-unsaturated/α-hetero) is 1. The number of anilines is 1. The molecule has 0 radical (unpaired) electrons. The number of benzene rings is 1. The van der Waals surface area contributed by atoms with Gasteiger partial charge >= 0.3 is 0 Å². The molecular formula is C10H9Cl2NO2. The van der Waals surface area contributed by atoms with Crippen LogP contribution in [0.15, 0.2) is 24.3 Å². The molecule has 0 aromatic heterocycles. The first-order chi connectivity index (χ1) is 7.11. The van der Waals surface area contributed by atoms with E-state index >= 15 is 0 Å². The summed E-state index contributed by atoms with van der Waals surface area (Å²) < 4.78 is 0. The van der Waals surface area contributed by atoms with Crippen molar-refractivity contribution in [2.45, 2.75) is 6.42 Å². The van der Waals surface area contributed by atoms with Crippen LogP contribution in [0.1, 0.15) is 6.42 Å². The summed E-state index contributed by atoms with van der Waals surface area (Å²) in [7, 11) is 0. The van der Waals surface area contributed by atoms with E-state index < -0.39 is 0 Å². The van der Waals surface area contributed by atoms with E-state index in [-0.39, 0.29) is 24.0 Å². The van der Waals surface area contributed by atoms with Gasteiger partial charge in [-0.25, -0.2) is 0 Å². The van der Waals surface area contributed by atoms with Gasteiger partial charge in [-0.2, -0.15) is 0 Å². The van der Waals surface area contributed by atoms with Crippen LogP contribution in [-0.4, -0.2) is 17.6 Å². The fourth-order valence-electron chi connectivity index (χ4n) is 0.965.